The van der Waals surface area contributed by atoms with Crippen LogP contribution in [0.1, 0.15) is 6.92 Å². The lowest BCUT2D eigenvalue weighted by atomic mass is 10.2. The number of nitrogens with one attached hydrogen (secondary N) is 2. The van der Waals surface area contributed by atoms with Crippen LogP contribution in [0.25, 0.3) is 0 Å². The van der Waals surface area contributed by atoms with Gasteiger partial charge in [-0.05, 0) is 19.1 Å². The summed E-state index contributed by atoms with van der Waals surface area (Å²) in [6.45, 7) is 2.05. The molecule has 2 N–H and O–H groups in total. The molecular formula is C9H13BrN2. The monoisotopic (exact) mass is 228 g/mol. The van der Waals surface area contributed by atoms with Gasteiger partial charge in [-0.15, -0.1) is 0 Å². The van der Waals surface area contributed by atoms with Crippen LogP contribution in [0, 0.1) is 0 Å². The molecule has 0 aliphatic carbocycles. The molecule has 0 radical (unpaired) electrons. The largest absolute Gasteiger partial charge is 0.386 e. The maximum atomic E-state index is 3.44. The van der Waals surface area contributed by atoms with Gasteiger partial charge in [-0.1, -0.05) is 28.1 Å². The molecule has 1 atom stereocenters. The van der Waals surface area contributed by atoms with Crippen LogP contribution in [0.5, 0.6) is 0 Å². The van der Waals surface area contributed by atoms with Crippen molar-refractivity contribution in [2.24, 2.45) is 0 Å². The molecule has 0 aromatic heterocycles. The highest BCUT2D eigenvalue weighted by Gasteiger charge is 2.00. The second-order valence-electron chi connectivity index (χ2n) is 2.56. The molecule has 1 unspecified atom stereocenters. The van der Waals surface area contributed by atoms with Crippen LogP contribution in [0.3, 0.4) is 0 Å². The number of anilines is 2. The summed E-state index contributed by atoms with van der Waals surface area (Å²) in [5.41, 5.74) is 2.23. The van der Waals surface area contributed by atoms with E-state index in [-0.39, 0.29) is 4.95 Å². The molecule has 12 heavy (non-hydrogen) atoms. The second-order valence-corrected chi connectivity index (χ2v) is 3.93. The Morgan fingerprint density at radius 1 is 1.25 bits per heavy atom. The number of alkyl halides is 1. The SMILES string of the molecule is CNc1ccccc1NC(C)Br. The number of hydrogen-bond acceptors (Lipinski definition) is 2. The molecule has 0 heterocycles. The molecule has 0 saturated heterocycles. The highest BCUT2D eigenvalue weighted by molar-refractivity contribution is 9.09. The van der Waals surface area contributed by atoms with Gasteiger partial charge in [-0.3, -0.25) is 0 Å². The minimum atomic E-state index is 0.284. The number of para-hydroxylation sites is 2. The predicted octanol–water partition coefficient (Wildman–Crippen LogP) is 2.88. The fraction of sp³-hybridized carbons (Fsp3) is 0.333. The van der Waals surface area contributed by atoms with E-state index in [1.807, 2.05) is 38.2 Å². The van der Waals surface area contributed by atoms with E-state index in [1.54, 1.807) is 0 Å². The van der Waals surface area contributed by atoms with Gasteiger partial charge in [-0.25, -0.2) is 0 Å². The molecule has 0 spiro atoms. The normalized spacial score (nSPS) is 12.2. The Hall–Kier alpha value is -0.700. The van der Waals surface area contributed by atoms with E-state index < -0.39 is 0 Å². The maximum Gasteiger partial charge on any atom is 0.0790 e. The van der Waals surface area contributed by atoms with Crippen molar-refractivity contribution >= 4 is 27.3 Å². The van der Waals surface area contributed by atoms with Gasteiger partial charge in [0.2, 0.25) is 0 Å². The summed E-state index contributed by atoms with van der Waals surface area (Å²) in [4.78, 5) is 0.284. The van der Waals surface area contributed by atoms with Crippen molar-refractivity contribution in [2.45, 2.75) is 11.9 Å². The van der Waals surface area contributed by atoms with Gasteiger partial charge in [0.15, 0.2) is 0 Å². The van der Waals surface area contributed by atoms with Crippen LogP contribution in [0.2, 0.25) is 0 Å². The molecule has 1 aromatic rings. The summed E-state index contributed by atoms with van der Waals surface area (Å²) in [6.07, 6.45) is 0. The van der Waals surface area contributed by atoms with E-state index in [0.29, 0.717) is 0 Å². The van der Waals surface area contributed by atoms with Gasteiger partial charge >= 0.3 is 0 Å². The summed E-state index contributed by atoms with van der Waals surface area (Å²) in [5.74, 6) is 0. The Bertz CT molecular complexity index is 248. The van der Waals surface area contributed by atoms with Crippen molar-refractivity contribution in [1.82, 2.24) is 0 Å². The predicted molar refractivity (Wildman–Crippen MR) is 58.0 cm³/mol. The first-order chi connectivity index (χ1) is 5.74. The van der Waals surface area contributed by atoms with Crippen LogP contribution in [-0.4, -0.2) is 12.0 Å². The third-order valence-corrected chi connectivity index (χ3v) is 1.78. The molecule has 1 aromatic carbocycles. The van der Waals surface area contributed by atoms with E-state index in [4.69, 9.17) is 0 Å². The van der Waals surface area contributed by atoms with Crippen molar-refractivity contribution in [2.75, 3.05) is 17.7 Å². The zero-order chi connectivity index (χ0) is 8.97. The standard InChI is InChI=1S/C9H13BrN2/c1-7(10)12-9-6-4-3-5-8(9)11-2/h3-7,11-12H,1-2H3. The van der Waals surface area contributed by atoms with Crippen LogP contribution in [-0.2, 0) is 0 Å². The molecule has 0 bridgehead atoms. The van der Waals surface area contributed by atoms with E-state index in [1.165, 1.54) is 0 Å². The van der Waals surface area contributed by atoms with E-state index in [2.05, 4.69) is 26.6 Å². The lowest BCUT2D eigenvalue weighted by Gasteiger charge is -2.12. The Balaban J connectivity index is 2.82. The first-order valence-electron chi connectivity index (χ1n) is 3.91. The molecule has 0 amide bonds. The molecule has 0 aliphatic heterocycles. The molecule has 66 valence electrons. The summed E-state index contributed by atoms with van der Waals surface area (Å²) in [5, 5.41) is 6.40. The first-order valence-corrected chi connectivity index (χ1v) is 4.83. The molecule has 1 rings (SSSR count). The molecule has 0 aliphatic rings. The van der Waals surface area contributed by atoms with Gasteiger partial charge in [0, 0.05) is 7.05 Å². The van der Waals surface area contributed by atoms with Crippen molar-refractivity contribution < 1.29 is 0 Å². The van der Waals surface area contributed by atoms with E-state index >= 15 is 0 Å². The molecule has 3 heteroatoms. The fourth-order valence-electron chi connectivity index (χ4n) is 1.04. The smallest absolute Gasteiger partial charge is 0.0790 e. The Morgan fingerprint density at radius 2 is 1.83 bits per heavy atom. The Labute approximate surface area is 81.5 Å². The lowest BCUT2D eigenvalue weighted by Crippen LogP contribution is -2.07. The van der Waals surface area contributed by atoms with Gasteiger partial charge in [0.05, 0.1) is 16.3 Å². The Morgan fingerprint density at radius 3 is 2.33 bits per heavy atom. The highest BCUT2D eigenvalue weighted by atomic mass is 79.9. The van der Waals surface area contributed by atoms with E-state index in [0.717, 1.165) is 11.4 Å². The zero-order valence-electron chi connectivity index (χ0n) is 7.26. The Kier molecular flexibility index (Phi) is 3.41. The first kappa shape index (κ1) is 9.39. The maximum absolute atomic E-state index is 3.44. The van der Waals surface area contributed by atoms with Gasteiger partial charge < -0.3 is 10.6 Å². The number of hydrogen-bond donors (Lipinski definition) is 2. The number of halogens is 1. The second kappa shape index (κ2) is 4.36. The average Bonchev–Trinajstić information content (AvgIpc) is 2.04. The molecule has 0 saturated carbocycles. The highest BCUT2D eigenvalue weighted by Crippen LogP contribution is 2.21. The summed E-state index contributed by atoms with van der Waals surface area (Å²) >= 11 is 3.44. The third kappa shape index (κ3) is 2.41. The van der Waals surface area contributed by atoms with Crippen molar-refractivity contribution in [3.05, 3.63) is 24.3 Å². The van der Waals surface area contributed by atoms with Crippen LogP contribution < -0.4 is 10.6 Å². The summed E-state index contributed by atoms with van der Waals surface area (Å²) in [7, 11) is 1.92. The van der Waals surface area contributed by atoms with Crippen LogP contribution >= 0.6 is 15.9 Å². The van der Waals surface area contributed by atoms with Crippen LogP contribution in [0.15, 0.2) is 24.3 Å². The summed E-state index contributed by atoms with van der Waals surface area (Å²) in [6, 6.07) is 8.11. The van der Waals surface area contributed by atoms with Gasteiger partial charge in [-0.2, -0.15) is 0 Å². The van der Waals surface area contributed by atoms with Crippen molar-refractivity contribution in [3.63, 3.8) is 0 Å². The molecule has 2 nitrogen and oxygen atoms in total. The van der Waals surface area contributed by atoms with Gasteiger partial charge in [0.1, 0.15) is 0 Å². The topological polar surface area (TPSA) is 24.1 Å². The van der Waals surface area contributed by atoms with Crippen LogP contribution in [0.4, 0.5) is 11.4 Å². The number of benzene rings is 1. The van der Waals surface area contributed by atoms with E-state index in [9.17, 15) is 0 Å². The fourth-order valence-corrected chi connectivity index (χ4v) is 1.29. The minimum absolute atomic E-state index is 0.284. The third-order valence-electron chi connectivity index (χ3n) is 1.55. The van der Waals surface area contributed by atoms with Gasteiger partial charge in [0.25, 0.3) is 0 Å². The molecular weight excluding hydrogens is 216 g/mol. The van der Waals surface area contributed by atoms with Crippen molar-refractivity contribution in [1.29, 1.82) is 0 Å². The molecule has 0 fully saturated rings. The summed E-state index contributed by atoms with van der Waals surface area (Å²) < 4.78 is 0. The quantitative estimate of drug-likeness (QED) is 0.615. The number of rotatable bonds is 3. The zero-order valence-corrected chi connectivity index (χ0v) is 8.85. The minimum Gasteiger partial charge on any atom is -0.386 e. The van der Waals surface area contributed by atoms with Crippen molar-refractivity contribution in [3.8, 4) is 0 Å². The lowest BCUT2D eigenvalue weighted by molar-refractivity contribution is 1.15. The average molecular weight is 229 g/mol.